The summed E-state index contributed by atoms with van der Waals surface area (Å²) < 4.78 is 23.8. The van der Waals surface area contributed by atoms with Gasteiger partial charge in [-0.25, -0.2) is 8.42 Å². The van der Waals surface area contributed by atoms with Gasteiger partial charge in [-0.3, -0.25) is 9.59 Å². The molecule has 1 aliphatic carbocycles. The molecule has 1 aromatic rings. The molecule has 17 heavy (non-hydrogen) atoms. The van der Waals surface area contributed by atoms with E-state index in [1.807, 2.05) is 0 Å². The van der Waals surface area contributed by atoms with Gasteiger partial charge in [-0.15, -0.1) is 0 Å². The minimum atomic E-state index is -3.59. The lowest BCUT2D eigenvalue weighted by Crippen LogP contribution is -2.22. The number of Topliss-reactive ketones (excluding diaryl/α,β-unsaturated/α-hetero) is 2. The molecular weight excluding hydrogens is 244 g/mol. The van der Waals surface area contributed by atoms with Gasteiger partial charge in [-0.05, 0) is 19.9 Å². The lowest BCUT2D eigenvalue weighted by Gasteiger charge is -2.09. The van der Waals surface area contributed by atoms with Crippen LogP contribution in [0.4, 0.5) is 0 Å². The first-order valence-corrected chi connectivity index (χ1v) is 6.66. The summed E-state index contributed by atoms with van der Waals surface area (Å²) >= 11 is 0. The van der Waals surface area contributed by atoms with Crippen LogP contribution in [0.3, 0.4) is 0 Å². The van der Waals surface area contributed by atoms with Gasteiger partial charge in [0, 0.05) is 5.57 Å². The maximum Gasteiger partial charge on any atom is 0.251 e. The second-order valence-corrected chi connectivity index (χ2v) is 5.75. The maximum atomic E-state index is 11.7. The fourth-order valence-corrected chi connectivity index (χ4v) is 2.52. The Kier molecular flexibility index (Phi) is 2.32. The predicted octanol–water partition coefficient (Wildman–Crippen LogP) is 0.168. The number of aryl methyl sites for hydroxylation is 1. The van der Waals surface area contributed by atoms with Gasteiger partial charge in [0.15, 0.2) is 0 Å². The normalized spacial score (nSPS) is 15.8. The van der Waals surface area contributed by atoms with Crippen molar-refractivity contribution in [3.63, 3.8) is 0 Å². The third-order valence-electron chi connectivity index (χ3n) is 2.52. The molecule has 0 saturated carbocycles. The zero-order chi connectivity index (χ0) is 13.0. The van der Waals surface area contributed by atoms with Crippen LogP contribution < -0.4 is 0 Å². The van der Waals surface area contributed by atoms with E-state index >= 15 is 0 Å². The summed E-state index contributed by atoms with van der Waals surface area (Å²) in [6, 6.07) is 0. The highest BCUT2D eigenvalue weighted by molar-refractivity contribution is 7.89. The molecule has 7 heteroatoms. The van der Waals surface area contributed by atoms with E-state index in [-0.39, 0.29) is 22.5 Å². The Bertz CT molecular complexity index is 679. The van der Waals surface area contributed by atoms with Crippen LogP contribution in [0.1, 0.15) is 28.7 Å². The highest BCUT2D eigenvalue weighted by Gasteiger charge is 2.32. The highest BCUT2D eigenvalue weighted by Crippen LogP contribution is 2.25. The van der Waals surface area contributed by atoms with E-state index in [1.165, 1.54) is 19.9 Å². The van der Waals surface area contributed by atoms with Crippen molar-refractivity contribution in [1.29, 1.82) is 0 Å². The summed E-state index contributed by atoms with van der Waals surface area (Å²) in [6.45, 7) is 2.97. The predicted molar refractivity (Wildman–Crippen MR) is 60.2 cm³/mol. The Labute approximate surface area is 98.0 Å². The van der Waals surface area contributed by atoms with E-state index in [9.17, 15) is 18.0 Å². The molecule has 1 aliphatic rings. The van der Waals surface area contributed by atoms with Gasteiger partial charge in [0.2, 0.25) is 11.6 Å². The topological polar surface area (TPSA) is 86.1 Å². The monoisotopic (exact) mass is 254 g/mol. The number of allylic oxidation sites excluding steroid dienone is 1. The molecule has 1 heterocycles. The van der Waals surface area contributed by atoms with Gasteiger partial charge in [0.05, 0.1) is 23.2 Å². The van der Waals surface area contributed by atoms with E-state index in [0.717, 1.165) is 10.3 Å². The molecule has 0 N–H and O–H groups in total. The molecule has 90 valence electrons. The number of aromatic nitrogens is 2. The second kappa shape index (κ2) is 3.36. The zero-order valence-electron chi connectivity index (χ0n) is 9.51. The van der Waals surface area contributed by atoms with Crippen molar-refractivity contribution in [3.8, 4) is 0 Å². The first kappa shape index (κ1) is 11.7. The molecule has 2 rings (SSSR count). The van der Waals surface area contributed by atoms with Crippen molar-refractivity contribution < 1.29 is 18.0 Å². The standard InChI is InChI=1S/C10H10N2O4S/c1-5-4-7-8(10(14)9(5)13)6(2)11-12(7)17(3,15)16/h4H,1-3H3. The van der Waals surface area contributed by atoms with Gasteiger partial charge in [0.25, 0.3) is 10.0 Å². The fraction of sp³-hybridized carbons (Fsp3) is 0.300. The van der Waals surface area contributed by atoms with Gasteiger partial charge in [0.1, 0.15) is 0 Å². The number of carbonyl (C=O) groups excluding carboxylic acids is 2. The van der Waals surface area contributed by atoms with Gasteiger partial charge in [-0.1, -0.05) is 0 Å². The number of ketones is 2. The Balaban J connectivity index is 2.86. The van der Waals surface area contributed by atoms with Crippen LogP contribution >= 0.6 is 0 Å². The summed E-state index contributed by atoms with van der Waals surface area (Å²) in [4.78, 5) is 23.2. The summed E-state index contributed by atoms with van der Waals surface area (Å²) in [6.07, 6.45) is 2.36. The number of rotatable bonds is 1. The minimum Gasteiger partial charge on any atom is -0.285 e. The average Bonchev–Trinajstić information content (AvgIpc) is 2.52. The van der Waals surface area contributed by atoms with Gasteiger partial charge < -0.3 is 0 Å². The van der Waals surface area contributed by atoms with Crippen molar-refractivity contribution in [2.45, 2.75) is 13.8 Å². The number of hydrogen-bond donors (Lipinski definition) is 0. The van der Waals surface area contributed by atoms with Crippen LogP contribution in [0.2, 0.25) is 0 Å². The Hall–Kier alpha value is -1.76. The number of nitrogens with zero attached hydrogens (tertiary/aromatic N) is 2. The molecule has 0 bridgehead atoms. The highest BCUT2D eigenvalue weighted by atomic mass is 32.2. The molecule has 0 atom stereocenters. The Morgan fingerprint density at radius 1 is 1.18 bits per heavy atom. The molecule has 1 aromatic heterocycles. The van der Waals surface area contributed by atoms with E-state index in [2.05, 4.69) is 5.10 Å². The number of carbonyl (C=O) groups is 2. The average molecular weight is 254 g/mol. The summed E-state index contributed by atoms with van der Waals surface area (Å²) in [5, 5.41) is 3.79. The van der Waals surface area contributed by atoms with Crippen molar-refractivity contribution in [2.75, 3.05) is 6.26 Å². The van der Waals surface area contributed by atoms with Crippen molar-refractivity contribution >= 4 is 27.7 Å². The number of fused-ring (bicyclic) bond motifs is 1. The maximum absolute atomic E-state index is 11.7. The summed E-state index contributed by atoms with van der Waals surface area (Å²) in [5.41, 5.74) is 0.693. The van der Waals surface area contributed by atoms with Crippen LogP contribution in [0.15, 0.2) is 5.57 Å². The van der Waals surface area contributed by atoms with Crippen molar-refractivity contribution in [2.24, 2.45) is 0 Å². The molecule has 0 aliphatic heterocycles. The van der Waals surface area contributed by atoms with Crippen molar-refractivity contribution in [1.82, 2.24) is 9.19 Å². The molecule has 0 amide bonds. The van der Waals surface area contributed by atoms with E-state index in [1.54, 1.807) is 0 Å². The molecule has 0 fully saturated rings. The third-order valence-corrected chi connectivity index (χ3v) is 3.43. The first-order valence-electron chi connectivity index (χ1n) is 4.81. The van der Waals surface area contributed by atoms with Crippen LogP contribution in [-0.2, 0) is 14.8 Å². The summed E-state index contributed by atoms with van der Waals surface area (Å²) in [5.74, 6) is -1.32. The SMILES string of the molecule is CC1=Cc2c(c(C)nn2S(C)(=O)=O)C(=O)C1=O. The van der Waals surface area contributed by atoms with Crippen molar-refractivity contribution in [3.05, 3.63) is 22.5 Å². The minimum absolute atomic E-state index is 0.0750. The molecule has 0 unspecified atom stereocenters. The smallest absolute Gasteiger partial charge is 0.251 e. The third kappa shape index (κ3) is 1.62. The van der Waals surface area contributed by atoms with Crippen LogP contribution in [0.25, 0.3) is 6.08 Å². The van der Waals surface area contributed by atoms with Crippen LogP contribution in [0.5, 0.6) is 0 Å². The lowest BCUT2D eigenvalue weighted by atomic mass is 9.94. The lowest BCUT2D eigenvalue weighted by molar-refractivity contribution is -0.111. The molecule has 0 saturated heterocycles. The van der Waals surface area contributed by atoms with Crippen LogP contribution in [-0.4, -0.2) is 35.4 Å². The quantitative estimate of drug-likeness (QED) is 0.667. The number of hydrogen-bond acceptors (Lipinski definition) is 5. The largest absolute Gasteiger partial charge is 0.285 e. The zero-order valence-corrected chi connectivity index (χ0v) is 10.3. The summed E-state index contributed by atoms with van der Waals surface area (Å²) in [7, 11) is -3.59. The van der Waals surface area contributed by atoms with Crippen LogP contribution in [0, 0.1) is 6.92 Å². The molecule has 0 radical (unpaired) electrons. The molecular formula is C10H10N2O4S. The second-order valence-electron chi connectivity index (χ2n) is 3.94. The Morgan fingerprint density at radius 2 is 1.76 bits per heavy atom. The molecule has 0 aromatic carbocycles. The first-order chi connectivity index (χ1) is 7.73. The fourth-order valence-electron chi connectivity index (χ4n) is 1.75. The van der Waals surface area contributed by atoms with E-state index in [4.69, 9.17) is 0 Å². The Morgan fingerprint density at radius 3 is 2.29 bits per heavy atom. The van der Waals surface area contributed by atoms with E-state index in [0.29, 0.717) is 0 Å². The molecule has 6 nitrogen and oxygen atoms in total. The van der Waals surface area contributed by atoms with Gasteiger partial charge in [-0.2, -0.15) is 9.19 Å². The van der Waals surface area contributed by atoms with Gasteiger partial charge >= 0.3 is 0 Å². The van der Waals surface area contributed by atoms with E-state index < -0.39 is 21.6 Å². The molecule has 0 spiro atoms.